The van der Waals surface area contributed by atoms with Crippen molar-refractivity contribution in [2.75, 3.05) is 0 Å². The fraction of sp³-hybridized carbons (Fsp3) is 0. The Morgan fingerprint density at radius 3 is 2.76 bits per heavy atom. The number of esters is 1. The van der Waals surface area contributed by atoms with Gasteiger partial charge in [0.25, 0.3) is 0 Å². The highest BCUT2D eigenvalue weighted by molar-refractivity contribution is 9.10. The second-order valence-corrected chi connectivity index (χ2v) is 5.99. The smallest absolute Gasteiger partial charge is 0.363 e. The first kappa shape index (κ1) is 14.1. The SMILES string of the molecule is O=C1OC(c2ccc(F)cc2F)=N/C1=C\c1cc(Br)cs1. The van der Waals surface area contributed by atoms with Gasteiger partial charge in [0.05, 0.1) is 5.56 Å². The van der Waals surface area contributed by atoms with Gasteiger partial charge in [-0.1, -0.05) is 0 Å². The predicted molar refractivity (Wildman–Crippen MR) is 79.0 cm³/mol. The number of aliphatic imine (C=N–C) groups is 1. The summed E-state index contributed by atoms with van der Waals surface area (Å²) in [5.41, 5.74) is 0.0172. The molecule has 1 aromatic carbocycles. The summed E-state index contributed by atoms with van der Waals surface area (Å²) in [6.45, 7) is 0. The number of carbonyl (C=O) groups is 1. The molecule has 0 amide bonds. The van der Waals surface area contributed by atoms with Crippen LogP contribution < -0.4 is 0 Å². The maximum Gasteiger partial charge on any atom is 0.363 e. The lowest BCUT2D eigenvalue weighted by Crippen LogP contribution is -2.07. The van der Waals surface area contributed by atoms with Gasteiger partial charge in [-0.3, -0.25) is 0 Å². The third-order valence-corrected chi connectivity index (χ3v) is 4.29. The van der Waals surface area contributed by atoms with Crippen LogP contribution in [0, 0.1) is 11.6 Å². The van der Waals surface area contributed by atoms with Crippen molar-refractivity contribution in [2.45, 2.75) is 0 Å². The zero-order chi connectivity index (χ0) is 15.0. The van der Waals surface area contributed by atoms with Crippen LogP contribution in [0.25, 0.3) is 6.08 Å². The molecule has 0 spiro atoms. The predicted octanol–water partition coefficient (Wildman–Crippen LogP) is 4.13. The molecule has 0 saturated carbocycles. The zero-order valence-corrected chi connectivity index (χ0v) is 12.7. The summed E-state index contributed by atoms with van der Waals surface area (Å²) in [4.78, 5) is 16.5. The van der Waals surface area contributed by atoms with Crippen LogP contribution in [-0.4, -0.2) is 11.9 Å². The van der Waals surface area contributed by atoms with E-state index in [-0.39, 0.29) is 17.2 Å². The Morgan fingerprint density at radius 1 is 1.29 bits per heavy atom. The number of carbonyl (C=O) groups excluding carboxylic acids is 1. The molecule has 1 aliphatic heterocycles. The highest BCUT2D eigenvalue weighted by Crippen LogP contribution is 2.25. The topological polar surface area (TPSA) is 38.7 Å². The lowest BCUT2D eigenvalue weighted by atomic mass is 10.2. The van der Waals surface area contributed by atoms with Gasteiger partial charge in [-0.2, -0.15) is 0 Å². The average molecular weight is 370 g/mol. The van der Waals surface area contributed by atoms with Gasteiger partial charge < -0.3 is 4.74 Å². The molecule has 106 valence electrons. The van der Waals surface area contributed by atoms with E-state index in [0.717, 1.165) is 15.4 Å². The van der Waals surface area contributed by atoms with E-state index in [2.05, 4.69) is 20.9 Å². The van der Waals surface area contributed by atoms with Crippen molar-refractivity contribution < 1.29 is 18.3 Å². The van der Waals surface area contributed by atoms with Crippen LogP contribution in [0.15, 0.2) is 44.8 Å². The van der Waals surface area contributed by atoms with E-state index in [1.165, 1.54) is 17.4 Å². The first-order valence-electron chi connectivity index (χ1n) is 5.75. The third kappa shape index (κ3) is 2.93. The van der Waals surface area contributed by atoms with Crippen molar-refractivity contribution in [3.05, 3.63) is 61.9 Å². The largest absolute Gasteiger partial charge is 0.402 e. The number of thiophene rings is 1. The van der Waals surface area contributed by atoms with Crippen molar-refractivity contribution >= 4 is 45.2 Å². The van der Waals surface area contributed by atoms with Gasteiger partial charge in [0, 0.05) is 20.8 Å². The molecule has 0 bridgehead atoms. The van der Waals surface area contributed by atoms with E-state index in [0.29, 0.717) is 6.07 Å². The summed E-state index contributed by atoms with van der Waals surface area (Å²) < 4.78 is 32.3. The molecule has 0 atom stereocenters. The van der Waals surface area contributed by atoms with Crippen LogP contribution in [0.1, 0.15) is 10.4 Å². The fourth-order valence-electron chi connectivity index (χ4n) is 1.73. The molecule has 1 aliphatic rings. The van der Waals surface area contributed by atoms with Crippen molar-refractivity contribution in [2.24, 2.45) is 4.99 Å². The first-order chi connectivity index (χ1) is 10.0. The highest BCUT2D eigenvalue weighted by Gasteiger charge is 2.26. The number of nitrogens with zero attached hydrogens (tertiary/aromatic N) is 1. The number of hydrogen-bond donors (Lipinski definition) is 0. The Kier molecular flexibility index (Phi) is 3.69. The van der Waals surface area contributed by atoms with Gasteiger partial charge in [-0.15, -0.1) is 11.3 Å². The second-order valence-electron chi connectivity index (χ2n) is 4.13. The number of benzene rings is 1. The normalized spacial score (nSPS) is 16.2. The minimum Gasteiger partial charge on any atom is -0.402 e. The molecule has 0 unspecified atom stereocenters. The second kappa shape index (κ2) is 5.50. The summed E-state index contributed by atoms with van der Waals surface area (Å²) in [6, 6.07) is 4.79. The molecule has 3 nitrogen and oxygen atoms in total. The summed E-state index contributed by atoms with van der Waals surface area (Å²) in [5.74, 6) is -2.38. The number of rotatable bonds is 2. The minimum absolute atomic E-state index is 0.0551. The molecule has 0 N–H and O–H groups in total. The van der Waals surface area contributed by atoms with Gasteiger partial charge in [0.15, 0.2) is 5.70 Å². The monoisotopic (exact) mass is 369 g/mol. The molecule has 0 fully saturated rings. The number of cyclic esters (lactones) is 1. The third-order valence-electron chi connectivity index (χ3n) is 2.65. The number of hydrogen-bond acceptors (Lipinski definition) is 4. The Labute approximate surface area is 130 Å². The first-order valence-corrected chi connectivity index (χ1v) is 7.42. The van der Waals surface area contributed by atoms with E-state index in [1.54, 1.807) is 6.08 Å². The van der Waals surface area contributed by atoms with E-state index in [9.17, 15) is 13.6 Å². The molecule has 0 saturated heterocycles. The molecule has 21 heavy (non-hydrogen) atoms. The van der Waals surface area contributed by atoms with E-state index in [4.69, 9.17) is 4.74 Å². The maximum absolute atomic E-state index is 13.7. The van der Waals surface area contributed by atoms with Crippen LogP contribution in [-0.2, 0) is 9.53 Å². The van der Waals surface area contributed by atoms with E-state index in [1.807, 2.05) is 11.4 Å². The Hall–Kier alpha value is -1.86. The van der Waals surface area contributed by atoms with Crippen molar-refractivity contribution in [1.29, 1.82) is 0 Å². The summed E-state index contributed by atoms with van der Waals surface area (Å²) in [7, 11) is 0. The molecule has 0 aliphatic carbocycles. The van der Waals surface area contributed by atoms with Gasteiger partial charge in [-0.05, 0) is 40.2 Å². The Balaban J connectivity index is 1.97. The summed E-state index contributed by atoms with van der Waals surface area (Å²) in [5, 5.41) is 1.86. The van der Waals surface area contributed by atoms with E-state index < -0.39 is 17.6 Å². The molecule has 0 radical (unpaired) electrons. The van der Waals surface area contributed by atoms with Crippen LogP contribution in [0.3, 0.4) is 0 Å². The highest BCUT2D eigenvalue weighted by atomic mass is 79.9. The molecule has 1 aromatic heterocycles. The van der Waals surface area contributed by atoms with E-state index >= 15 is 0 Å². The fourth-order valence-corrected chi connectivity index (χ4v) is 3.10. The van der Waals surface area contributed by atoms with Crippen LogP contribution in [0.4, 0.5) is 8.78 Å². The molecular weight excluding hydrogens is 364 g/mol. The Bertz CT molecular complexity index is 798. The van der Waals surface area contributed by atoms with Gasteiger partial charge in [-0.25, -0.2) is 18.6 Å². The number of ether oxygens (including phenoxy) is 1. The lowest BCUT2D eigenvalue weighted by molar-refractivity contribution is -0.129. The van der Waals surface area contributed by atoms with Crippen LogP contribution in [0.2, 0.25) is 0 Å². The van der Waals surface area contributed by atoms with Crippen molar-refractivity contribution in [3.63, 3.8) is 0 Å². The maximum atomic E-state index is 13.7. The van der Waals surface area contributed by atoms with Crippen LogP contribution >= 0.6 is 27.3 Å². The molecular formula is C14H6BrF2NO2S. The zero-order valence-electron chi connectivity index (χ0n) is 10.3. The average Bonchev–Trinajstić information content (AvgIpc) is 2.97. The molecule has 7 heteroatoms. The van der Waals surface area contributed by atoms with Gasteiger partial charge in [0.2, 0.25) is 5.90 Å². The van der Waals surface area contributed by atoms with Crippen molar-refractivity contribution in [3.8, 4) is 0 Å². The van der Waals surface area contributed by atoms with Crippen molar-refractivity contribution in [1.82, 2.24) is 0 Å². The lowest BCUT2D eigenvalue weighted by Gasteiger charge is -2.00. The van der Waals surface area contributed by atoms with Crippen LogP contribution in [0.5, 0.6) is 0 Å². The minimum atomic E-state index is -0.832. The standard InChI is InChI=1S/C14H6BrF2NO2S/c15-7-3-9(21-6-7)5-12-14(19)20-13(18-12)10-2-1-8(16)4-11(10)17/h1-6H/b12-5-. The molecule has 2 aromatic rings. The summed E-state index contributed by atoms with van der Waals surface area (Å²) in [6.07, 6.45) is 1.55. The summed E-state index contributed by atoms with van der Waals surface area (Å²) >= 11 is 4.72. The molecule has 2 heterocycles. The van der Waals surface area contributed by atoms with Gasteiger partial charge >= 0.3 is 5.97 Å². The number of halogens is 3. The molecule has 3 rings (SSSR count). The van der Waals surface area contributed by atoms with Gasteiger partial charge in [0.1, 0.15) is 11.6 Å². The quantitative estimate of drug-likeness (QED) is 0.589. The Morgan fingerprint density at radius 2 is 2.10 bits per heavy atom.